The summed E-state index contributed by atoms with van der Waals surface area (Å²) in [4.78, 5) is 11.9. The van der Waals surface area contributed by atoms with Gasteiger partial charge in [0.25, 0.3) is 0 Å². The molecule has 0 aliphatic carbocycles. The molecular weight excluding hydrogens is 272 g/mol. The molecule has 0 radical (unpaired) electrons. The van der Waals surface area contributed by atoms with Crippen molar-refractivity contribution < 1.29 is 4.79 Å². The number of carbonyl (C=O) groups excluding carboxylic acids is 1. The topological polar surface area (TPSA) is 55.1 Å². The van der Waals surface area contributed by atoms with Crippen LogP contribution in [0.3, 0.4) is 0 Å². The molecule has 1 aromatic carbocycles. The summed E-state index contributed by atoms with van der Waals surface area (Å²) in [7, 11) is 0. The van der Waals surface area contributed by atoms with Crippen molar-refractivity contribution in [3.63, 3.8) is 0 Å². The molecule has 3 N–H and O–H groups in total. The molecule has 0 saturated heterocycles. The van der Waals surface area contributed by atoms with Crippen molar-refractivity contribution in [1.29, 1.82) is 0 Å². The number of amides is 1. The fraction of sp³-hybridized carbons (Fsp3) is 0.562. The Balaban J connectivity index is 0.00000361. The highest BCUT2D eigenvalue weighted by Gasteiger charge is 2.17. The van der Waals surface area contributed by atoms with E-state index in [-0.39, 0.29) is 24.4 Å². The number of hydrogen-bond acceptors (Lipinski definition) is 2. The van der Waals surface area contributed by atoms with Gasteiger partial charge in [-0.2, -0.15) is 0 Å². The fourth-order valence-corrected chi connectivity index (χ4v) is 2.06. The Morgan fingerprint density at radius 2 is 1.75 bits per heavy atom. The molecule has 0 aliphatic rings. The molecule has 4 heteroatoms. The molecular formula is C16H27ClN2O. The van der Waals surface area contributed by atoms with Crippen molar-refractivity contribution in [2.24, 2.45) is 11.7 Å². The summed E-state index contributed by atoms with van der Waals surface area (Å²) in [5.74, 6) is 0.362. The third kappa shape index (κ3) is 5.93. The van der Waals surface area contributed by atoms with Crippen molar-refractivity contribution in [1.82, 2.24) is 5.32 Å². The summed E-state index contributed by atoms with van der Waals surface area (Å²) in [6, 6.07) is 7.92. The van der Waals surface area contributed by atoms with Gasteiger partial charge < -0.3 is 11.1 Å². The van der Waals surface area contributed by atoms with E-state index in [1.165, 1.54) is 5.56 Å². The number of nitrogens with two attached hydrogens (primary N) is 1. The molecule has 3 nitrogen and oxygen atoms in total. The van der Waals surface area contributed by atoms with Crippen molar-refractivity contribution in [3.8, 4) is 0 Å². The Morgan fingerprint density at radius 1 is 1.20 bits per heavy atom. The first-order chi connectivity index (χ1) is 8.93. The second-order valence-electron chi connectivity index (χ2n) is 5.56. The van der Waals surface area contributed by atoms with Crippen LogP contribution in [0.15, 0.2) is 24.3 Å². The molecule has 0 fully saturated rings. The van der Waals surface area contributed by atoms with E-state index in [2.05, 4.69) is 50.4 Å². The summed E-state index contributed by atoms with van der Waals surface area (Å²) < 4.78 is 0. The lowest BCUT2D eigenvalue weighted by Crippen LogP contribution is -2.42. The standard InChI is InChI=1S/C16H26N2O.ClH/c1-5-13-6-8-14(9-7-13)12(4)18-16(19)15(17)10-11(2)3;/h6-9,11-12,15H,5,10,17H2,1-4H3,(H,18,19);1H/t12?,15-;/m0./s1. The van der Waals surface area contributed by atoms with Crippen LogP contribution in [0.25, 0.3) is 0 Å². The molecule has 1 rings (SSSR count). The van der Waals surface area contributed by atoms with Gasteiger partial charge in [-0.1, -0.05) is 45.0 Å². The maximum atomic E-state index is 11.9. The van der Waals surface area contributed by atoms with Crippen LogP contribution in [-0.2, 0) is 11.2 Å². The number of halogens is 1. The summed E-state index contributed by atoms with van der Waals surface area (Å²) in [5.41, 5.74) is 8.30. The Hall–Kier alpha value is -1.06. The van der Waals surface area contributed by atoms with E-state index in [4.69, 9.17) is 5.73 Å². The quantitative estimate of drug-likeness (QED) is 0.847. The first kappa shape index (κ1) is 18.9. The van der Waals surface area contributed by atoms with Gasteiger partial charge in [0.05, 0.1) is 12.1 Å². The molecule has 0 spiro atoms. The highest BCUT2D eigenvalue weighted by atomic mass is 35.5. The van der Waals surface area contributed by atoms with Crippen molar-refractivity contribution in [3.05, 3.63) is 35.4 Å². The molecule has 0 aliphatic heterocycles. The maximum Gasteiger partial charge on any atom is 0.237 e. The van der Waals surface area contributed by atoms with E-state index in [1.54, 1.807) is 0 Å². The second-order valence-corrected chi connectivity index (χ2v) is 5.56. The lowest BCUT2D eigenvalue weighted by molar-refractivity contribution is -0.123. The first-order valence-corrected chi connectivity index (χ1v) is 7.08. The molecule has 0 aromatic heterocycles. The molecule has 114 valence electrons. The molecule has 0 heterocycles. The van der Waals surface area contributed by atoms with Gasteiger partial charge in [-0.05, 0) is 36.8 Å². The maximum absolute atomic E-state index is 11.9. The number of benzene rings is 1. The van der Waals surface area contributed by atoms with Crippen molar-refractivity contribution in [2.45, 2.75) is 52.6 Å². The van der Waals surface area contributed by atoms with E-state index < -0.39 is 6.04 Å². The van der Waals surface area contributed by atoms with E-state index in [9.17, 15) is 4.79 Å². The molecule has 20 heavy (non-hydrogen) atoms. The van der Waals surface area contributed by atoms with Crippen LogP contribution in [0, 0.1) is 5.92 Å². The van der Waals surface area contributed by atoms with Crippen LogP contribution in [0.2, 0.25) is 0 Å². The predicted molar refractivity (Wildman–Crippen MR) is 87.1 cm³/mol. The zero-order chi connectivity index (χ0) is 14.4. The van der Waals surface area contributed by atoms with E-state index in [0.717, 1.165) is 12.0 Å². The minimum atomic E-state index is -0.419. The summed E-state index contributed by atoms with van der Waals surface area (Å²) >= 11 is 0. The number of aryl methyl sites for hydroxylation is 1. The minimum Gasteiger partial charge on any atom is -0.348 e. The van der Waals surface area contributed by atoms with Gasteiger partial charge in [0.1, 0.15) is 0 Å². The third-order valence-corrected chi connectivity index (χ3v) is 3.31. The molecule has 1 aromatic rings. The first-order valence-electron chi connectivity index (χ1n) is 7.08. The fourth-order valence-electron chi connectivity index (χ4n) is 2.06. The van der Waals surface area contributed by atoms with E-state index in [1.807, 2.05) is 6.92 Å². The van der Waals surface area contributed by atoms with Gasteiger partial charge >= 0.3 is 0 Å². The minimum absolute atomic E-state index is 0. The molecule has 1 unspecified atom stereocenters. The normalized spacial score (nSPS) is 13.5. The van der Waals surface area contributed by atoms with Gasteiger partial charge in [0.2, 0.25) is 5.91 Å². The molecule has 1 amide bonds. The number of nitrogens with one attached hydrogen (secondary N) is 1. The van der Waals surface area contributed by atoms with Gasteiger partial charge in [-0.15, -0.1) is 12.4 Å². The number of rotatable bonds is 6. The molecule has 0 saturated carbocycles. The van der Waals surface area contributed by atoms with Gasteiger partial charge in [-0.25, -0.2) is 0 Å². The Bertz CT molecular complexity index is 403. The lowest BCUT2D eigenvalue weighted by atomic mass is 10.0. The van der Waals surface area contributed by atoms with Gasteiger partial charge in [-0.3, -0.25) is 4.79 Å². The van der Waals surface area contributed by atoms with E-state index in [0.29, 0.717) is 12.3 Å². The Labute approximate surface area is 128 Å². The van der Waals surface area contributed by atoms with Crippen LogP contribution in [0.1, 0.15) is 51.3 Å². The summed E-state index contributed by atoms with van der Waals surface area (Å²) in [5, 5.41) is 2.97. The SMILES string of the molecule is CCc1ccc(C(C)NC(=O)[C@@H](N)CC(C)C)cc1.Cl. The predicted octanol–water partition coefficient (Wildman–Crippen LogP) is 3.22. The van der Waals surface area contributed by atoms with Gasteiger partial charge in [0.15, 0.2) is 0 Å². The van der Waals surface area contributed by atoms with Crippen LogP contribution in [0.5, 0.6) is 0 Å². The summed E-state index contributed by atoms with van der Waals surface area (Å²) in [6.07, 6.45) is 1.74. The van der Waals surface area contributed by atoms with Crippen molar-refractivity contribution >= 4 is 18.3 Å². The average molecular weight is 299 g/mol. The highest BCUT2D eigenvalue weighted by molar-refractivity contribution is 5.85. The Kier molecular flexibility index (Phi) is 8.51. The third-order valence-electron chi connectivity index (χ3n) is 3.31. The smallest absolute Gasteiger partial charge is 0.237 e. The van der Waals surface area contributed by atoms with Gasteiger partial charge in [0, 0.05) is 0 Å². The lowest BCUT2D eigenvalue weighted by Gasteiger charge is -2.19. The molecule has 0 bridgehead atoms. The number of hydrogen-bond donors (Lipinski definition) is 2. The monoisotopic (exact) mass is 298 g/mol. The van der Waals surface area contributed by atoms with Crippen molar-refractivity contribution in [2.75, 3.05) is 0 Å². The highest BCUT2D eigenvalue weighted by Crippen LogP contribution is 2.14. The van der Waals surface area contributed by atoms with Crippen LogP contribution >= 0.6 is 12.4 Å². The summed E-state index contributed by atoms with van der Waals surface area (Å²) in [6.45, 7) is 8.26. The van der Waals surface area contributed by atoms with Crippen LogP contribution in [0.4, 0.5) is 0 Å². The zero-order valence-corrected chi connectivity index (χ0v) is 13.7. The second kappa shape index (κ2) is 8.98. The molecule has 2 atom stereocenters. The van der Waals surface area contributed by atoms with Crippen LogP contribution < -0.4 is 11.1 Å². The average Bonchev–Trinajstić information content (AvgIpc) is 2.37. The Morgan fingerprint density at radius 3 is 2.20 bits per heavy atom. The van der Waals surface area contributed by atoms with Crippen LogP contribution in [-0.4, -0.2) is 11.9 Å². The number of carbonyl (C=O) groups is 1. The largest absolute Gasteiger partial charge is 0.348 e. The zero-order valence-electron chi connectivity index (χ0n) is 12.8. The van der Waals surface area contributed by atoms with E-state index >= 15 is 0 Å².